The number of hydrogen-bond acceptors (Lipinski definition) is 5. The largest absolute Gasteiger partial charge is 0.434 e. The molecule has 1 amide bonds. The molecule has 124 valence electrons. The molecule has 0 unspecified atom stereocenters. The number of aliphatic hydroxyl groups is 2. The Bertz CT molecular complexity index is 815. The standard InChI is InChI=1S/C13H11F3N2O5/c14-13(15,16)6-2-10(21)17-11-5(6)1-9(23-11)12(22)18-3-7(19)8(20)4-18/h1-2,7-8,19-20H,3-4H2,(H,17,21)/t7-,8-/m0/s1. The zero-order valence-electron chi connectivity index (χ0n) is 11.4. The summed E-state index contributed by atoms with van der Waals surface area (Å²) in [4.78, 5) is 26.6. The fourth-order valence-corrected chi connectivity index (χ4v) is 2.47. The number of alkyl halides is 3. The second kappa shape index (κ2) is 5.10. The van der Waals surface area contributed by atoms with Gasteiger partial charge in [-0.15, -0.1) is 0 Å². The number of β-amino-alcohol motifs (C(OH)–C–C–N with tert-alkyl or cyclic N) is 2. The number of furan rings is 1. The van der Waals surface area contributed by atoms with Crippen molar-refractivity contribution < 1.29 is 32.6 Å². The highest BCUT2D eigenvalue weighted by molar-refractivity contribution is 5.96. The molecular formula is C13H11F3N2O5. The van der Waals surface area contributed by atoms with Crippen molar-refractivity contribution in [2.45, 2.75) is 18.4 Å². The molecule has 2 aromatic heterocycles. The summed E-state index contributed by atoms with van der Waals surface area (Å²) in [5, 5.41) is 18.4. The maximum absolute atomic E-state index is 13.0. The van der Waals surface area contributed by atoms with E-state index in [1.807, 2.05) is 0 Å². The molecule has 0 aromatic carbocycles. The van der Waals surface area contributed by atoms with Crippen molar-refractivity contribution in [3.05, 3.63) is 33.8 Å². The van der Waals surface area contributed by atoms with Crippen LogP contribution in [0.1, 0.15) is 16.1 Å². The van der Waals surface area contributed by atoms with Crippen LogP contribution < -0.4 is 5.56 Å². The zero-order valence-corrected chi connectivity index (χ0v) is 11.4. The molecule has 1 aliphatic heterocycles. The smallest absolute Gasteiger partial charge is 0.417 e. The molecule has 1 fully saturated rings. The summed E-state index contributed by atoms with van der Waals surface area (Å²) in [6.07, 6.45) is -7.04. The number of aliphatic hydroxyl groups excluding tert-OH is 2. The van der Waals surface area contributed by atoms with E-state index in [2.05, 4.69) is 4.98 Å². The minimum Gasteiger partial charge on any atom is -0.434 e. The molecule has 23 heavy (non-hydrogen) atoms. The Morgan fingerprint density at radius 1 is 1.26 bits per heavy atom. The van der Waals surface area contributed by atoms with Crippen LogP contribution in [0, 0.1) is 0 Å². The first-order valence-corrected chi connectivity index (χ1v) is 6.56. The van der Waals surface area contributed by atoms with E-state index < -0.39 is 52.3 Å². The monoisotopic (exact) mass is 332 g/mol. The maximum atomic E-state index is 13.0. The Kier molecular flexibility index (Phi) is 3.45. The number of aromatic amines is 1. The lowest BCUT2D eigenvalue weighted by Gasteiger charge is -2.12. The Labute approximate surface area is 125 Å². The van der Waals surface area contributed by atoms with Crippen molar-refractivity contribution in [1.29, 1.82) is 0 Å². The van der Waals surface area contributed by atoms with Gasteiger partial charge in [0, 0.05) is 19.2 Å². The number of hydrogen-bond donors (Lipinski definition) is 3. The van der Waals surface area contributed by atoms with Gasteiger partial charge in [-0.3, -0.25) is 14.6 Å². The normalized spacial score (nSPS) is 22.0. The number of nitrogens with zero attached hydrogens (tertiary/aromatic N) is 1. The van der Waals surface area contributed by atoms with Crippen molar-refractivity contribution in [3.8, 4) is 0 Å². The number of aromatic nitrogens is 1. The van der Waals surface area contributed by atoms with Crippen LogP contribution in [0.4, 0.5) is 13.2 Å². The van der Waals surface area contributed by atoms with Crippen molar-refractivity contribution in [2.75, 3.05) is 13.1 Å². The molecule has 2 aromatic rings. The van der Waals surface area contributed by atoms with E-state index in [-0.39, 0.29) is 13.1 Å². The Morgan fingerprint density at radius 2 is 1.87 bits per heavy atom. The van der Waals surface area contributed by atoms with Crippen LogP contribution in [0.25, 0.3) is 11.1 Å². The summed E-state index contributed by atoms with van der Waals surface area (Å²) in [6.45, 7) is -0.334. The first-order chi connectivity index (χ1) is 10.7. The van der Waals surface area contributed by atoms with E-state index in [0.717, 1.165) is 11.0 Å². The predicted octanol–water partition coefficient (Wildman–Crippen LogP) is 0.317. The number of H-pyrrole nitrogens is 1. The number of pyridine rings is 1. The van der Waals surface area contributed by atoms with Gasteiger partial charge in [0.25, 0.3) is 11.5 Å². The molecule has 1 saturated heterocycles. The van der Waals surface area contributed by atoms with Gasteiger partial charge in [-0.2, -0.15) is 13.2 Å². The Balaban J connectivity index is 2.04. The second-order valence-electron chi connectivity index (χ2n) is 5.24. The van der Waals surface area contributed by atoms with Crippen LogP contribution >= 0.6 is 0 Å². The molecular weight excluding hydrogens is 321 g/mol. The highest BCUT2D eigenvalue weighted by atomic mass is 19.4. The van der Waals surface area contributed by atoms with Gasteiger partial charge in [-0.05, 0) is 6.07 Å². The molecule has 0 saturated carbocycles. The number of amides is 1. The van der Waals surface area contributed by atoms with Gasteiger partial charge in [0.15, 0.2) is 5.76 Å². The fraction of sp³-hybridized carbons (Fsp3) is 0.385. The lowest BCUT2D eigenvalue weighted by molar-refractivity contribution is -0.136. The average Bonchev–Trinajstić information content (AvgIpc) is 3.00. The molecule has 10 heteroatoms. The predicted molar refractivity (Wildman–Crippen MR) is 69.8 cm³/mol. The van der Waals surface area contributed by atoms with Crippen molar-refractivity contribution in [1.82, 2.24) is 9.88 Å². The number of carbonyl (C=O) groups is 1. The first-order valence-electron chi connectivity index (χ1n) is 6.56. The van der Waals surface area contributed by atoms with Crippen molar-refractivity contribution >= 4 is 17.0 Å². The maximum Gasteiger partial charge on any atom is 0.417 e. The van der Waals surface area contributed by atoms with Crippen LogP contribution in [0.3, 0.4) is 0 Å². The molecule has 2 atom stereocenters. The summed E-state index contributed by atoms with van der Waals surface area (Å²) in [5.41, 5.74) is -2.68. The molecule has 3 heterocycles. The van der Waals surface area contributed by atoms with E-state index in [0.29, 0.717) is 6.07 Å². The molecule has 1 aliphatic rings. The topological polar surface area (TPSA) is 107 Å². The third-order valence-corrected chi connectivity index (χ3v) is 3.60. The summed E-state index contributed by atoms with van der Waals surface area (Å²) in [6, 6.07) is 1.27. The van der Waals surface area contributed by atoms with Gasteiger partial charge in [0.05, 0.1) is 23.2 Å². The van der Waals surface area contributed by atoms with Gasteiger partial charge in [0.1, 0.15) is 0 Å². The third kappa shape index (κ3) is 2.70. The number of rotatable bonds is 1. The average molecular weight is 332 g/mol. The quantitative estimate of drug-likeness (QED) is 0.697. The van der Waals surface area contributed by atoms with Crippen LogP contribution in [0.2, 0.25) is 0 Å². The van der Waals surface area contributed by atoms with Gasteiger partial charge in [-0.25, -0.2) is 0 Å². The highest BCUT2D eigenvalue weighted by Gasteiger charge is 2.37. The summed E-state index contributed by atoms with van der Waals surface area (Å²) < 4.78 is 43.9. The molecule has 0 aliphatic carbocycles. The van der Waals surface area contributed by atoms with E-state index in [1.165, 1.54) is 0 Å². The lowest BCUT2D eigenvalue weighted by atomic mass is 10.1. The van der Waals surface area contributed by atoms with Gasteiger partial charge in [0.2, 0.25) is 5.71 Å². The van der Waals surface area contributed by atoms with E-state index >= 15 is 0 Å². The number of carbonyl (C=O) groups excluding carboxylic acids is 1. The molecule has 3 N–H and O–H groups in total. The van der Waals surface area contributed by atoms with Gasteiger partial charge in [-0.1, -0.05) is 0 Å². The van der Waals surface area contributed by atoms with Gasteiger partial charge >= 0.3 is 6.18 Å². The minimum atomic E-state index is -4.78. The second-order valence-corrected chi connectivity index (χ2v) is 5.24. The molecule has 0 spiro atoms. The van der Waals surface area contributed by atoms with Crippen LogP contribution in [-0.2, 0) is 6.18 Å². The SMILES string of the molecule is O=C(c1cc2c(C(F)(F)F)cc(=O)[nH]c2o1)N1C[C@H](O)[C@@H](O)C1. The molecule has 3 rings (SSSR count). The fourth-order valence-electron chi connectivity index (χ4n) is 2.47. The van der Waals surface area contributed by atoms with Crippen LogP contribution in [0.5, 0.6) is 0 Å². The Morgan fingerprint density at radius 3 is 2.43 bits per heavy atom. The van der Waals surface area contributed by atoms with Gasteiger partial charge < -0.3 is 19.5 Å². The lowest BCUT2D eigenvalue weighted by Crippen LogP contribution is -2.29. The summed E-state index contributed by atoms with van der Waals surface area (Å²) in [5.74, 6) is -1.21. The minimum absolute atomic E-state index is 0.167. The van der Waals surface area contributed by atoms with E-state index in [9.17, 15) is 33.0 Å². The molecule has 7 nitrogen and oxygen atoms in total. The molecule has 0 bridgehead atoms. The highest BCUT2D eigenvalue weighted by Crippen LogP contribution is 2.34. The number of halogens is 3. The number of nitrogens with one attached hydrogen (secondary N) is 1. The van der Waals surface area contributed by atoms with Crippen LogP contribution in [0.15, 0.2) is 21.3 Å². The van der Waals surface area contributed by atoms with Crippen molar-refractivity contribution in [3.63, 3.8) is 0 Å². The van der Waals surface area contributed by atoms with Crippen molar-refractivity contribution in [2.24, 2.45) is 0 Å². The first kappa shape index (κ1) is 15.6. The third-order valence-electron chi connectivity index (χ3n) is 3.60. The van der Waals surface area contributed by atoms with E-state index in [4.69, 9.17) is 4.42 Å². The number of likely N-dealkylation sites (tertiary alicyclic amines) is 1. The zero-order chi connectivity index (χ0) is 16.9. The van der Waals surface area contributed by atoms with Crippen LogP contribution in [-0.4, -0.2) is 51.3 Å². The summed E-state index contributed by atoms with van der Waals surface area (Å²) in [7, 11) is 0. The molecule has 0 radical (unpaired) electrons. The Hall–Kier alpha value is -2.33. The van der Waals surface area contributed by atoms with E-state index in [1.54, 1.807) is 0 Å². The number of fused-ring (bicyclic) bond motifs is 1. The summed E-state index contributed by atoms with van der Waals surface area (Å²) >= 11 is 0.